The number of pyridine rings is 1. The first-order valence-electron chi connectivity index (χ1n) is 7.86. The second-order valence-corrected chi connectivity index (χ2v) is 5.91. The van der Waals surface area contributed by atoms with Crippen molar-refractivity contribution in [2.24, 2.45) is 0 Å². The smallest absolute Gasteiger partial charge is 0.232 e. The number of aromatic nitrogens is 1. The van der Waals surface area contributed by atoms with Crippen LogP contribution in [0, 0.1) is 5.82 Å². The Kier molecular flexibility index (Phi) is 3.65. The Bertz CT molecular complexity index is 998. The molecule has 2 N–H and O–H groups in total. The van der Waals surface area contributed by atoms with Gasteiger partial charge in [-0.25, -0.2) is 4.39 Å². The number of fused-ring (bicyclic) bond motifs is 2. The van der Waals surface area contributed by atoms with Crippen molar-refractivity contribution in [3.05, 3.63) is 66.1 Å². The standard InChI is InChI=1S/C19H14FN3O2/c20-12-6-7-13-14(10-17(24)22-16(13)9-12)19(25)23-15-5-1-3-11-4-2-8-21-18(11)15/h1-9,14H,10H2,(H,22,24)(H,23,25). The van der Waals surface area contributed by atoms with E-state index in [1.165, 1.54) is 18.2 Å². The number of hydrogen-bond donors (Lipinski definition) is 2. The lowest BCUT2D eigenvalue weighted by Crippen LogP contribution is -2.31. The fraction of sp³-hybridized carbons (Fsp3) is 0.105. The lowest BCUT2D eigenvalue weighted by molar-refractivity contribution is -0.123. The molecule has 0 spiro atoms. The summed E-state index contributed by atoms with van der Waals surface area (Å²) in [5, 5.41) is 6.37. The van der Waals surface area contributed by atoms with E-state index in [9.17, 15) is 14.0 Å². The van der Waals surface area contributed by atoms with Crippen LogP contribution in [-0.4, -0.2) is 16.8 Å². The molecule has 1 aromatic heterocycles. The van der Waals surface area contributed by atoms with E-state index in [0.29, 0.717) is 22.5 Å². The van der Waals surface area contributed by atoms with Gasteiger partial charge in [0.15, 0.2) is 0 Å². The second-order valence-electron chi connectivity index (χ2n) is 5.91. The van der Waals surface area contributed by atoms with Gasteiger partial charge in [-0.05, 0) is 29.8 Å². The van der Waals surface area contributed by atoms with Crippen LogP contribution in [0.5, 0.6) is 0 Å². The van der Waals surface area contributed by atoms with E-state index in [-0.39, 0.29) is 18.2 Å². The van der Waals surface area contributed by atoms with Crippen molar-refractivity contribution in [3.8, 4) is 0 Å². The Morgan fingerprint density at radius 1 is 1.20 bits per heavy atom. The molecule has 1 aliphatic heterocycles. The third-order valence-electron chi connectivity index (χ3n) is 4.26. The van der Waals surface area contributed by atoms with Gasteiger partial charge in [-0.2, -0.15) is 0 Å². The van der Waals surface area contributed by atoms with Crippen LogP contribution in [-0.2, 0) is 9.59 Å². The molecule has 0 saturated carbocycles. The first kappa shape index (κ1) is 15.3. The van der Waals surface area contributed by atoms with Crippen LogP contribution in [0.3, 0.4) is 0 Å². The Morgan fingerprint density at radius 2 is 2.04 bits per heavy atom. The Balaban J connectivity index is 1.69. The van der Waals surface area contributed by atoms with Gasteiger partial charge in [0.1, 0.15) is 5.82 Å². The number of rotatable bonds is 2. The Morgan fingerprint density at radius 3 is 2.92 bits per heavy atom. The highest BCUT2D eigenvalue weighted by Gasteiger charge is 2.31. The molecular formula is C19H14FN3O2. The van der Waals surface area contributed by atoms with Gasteiger partial charge in [0.05, 0.1) is 17.1 Å². The van der Waals surface area contributed by atoms with E-state index >= 15 is 0 Å². The number of para-hydroxylation sites is 1. The molecule has 3 aromatic rings. The molecule has 0 fully saturated rings. The first-order valence-corrected chi connectivity index (χ1v) is 7.86. The van der Waals surface area contributed by atoms with Crippen molar-refractivity contribution in [3.63, 3.8) is 0 Å². The van der Waals surface area contributed by atoms with Crippen molar-refractivity contribution in [1.82, 2.24) is 4.98 Å². The molecule has 0 saturated heterocycles. The van der Waals surface area contributed by atoms with Crippen molar-refractivity contribution in [2.75, 3.05) is 10.6 Å². The third kappa shape index (κ3) is 2.82. The number of amides is 2. The van der Waals surface area contributed by atoms with Crippen molar-refractivity contribution in [2.45, 2.75) is 12.3 Å². The zero-order valence-corrected chi connectivity index (χ0v) is 13.1. The lowest BCUT2D eigenvalue weighted by atomic mass is 9.89. The van der Waals surface area contributed by atoms with Gasteiger partial charge in [-0.1, -0.05) is 24.3 Å². The maximum atomic E-state index is 13.4. The number of benzene rings is 2. The van der Waals surface area contributed by atoms with Crippen LogP contribution in [0.4, 0.5) is 15.8 Å². The quantitative estimate of drug-likeness (QED) is 0.754. The van der Waals surface area contributed by atoms with E-state index in [0.717, 1.165) is 5.39 Å². The number of carbonyl (C=O) groups is 2. The predicted molar refractivity (Wildman–Crippen MR) is 92.8 cm³/mol. The minimum atomic E-state index is -0.677. The molecule has 25 heavy (non-hydrogen) atoms. The summed E-state index contributed by atoms with van der Waals surface area (Å²) in [4.78, 5) is 29.0. The third-order valence-corrected chi connectivity index (χ3v) is 4.26. The van der Waals surface area contributed by atoms with Gasteiger partial charge in [0, 0.05) is 23.7 Å². The van der Waals surface area contributed by atoms with Gasteiger partial charge >= 0.3 is 0 Å². The summed E-state index contributed by atoms with van der Waals surface area (Å²) in [6, 6.07) is 13.3. The number of anilines is 2. The van der Waals surface area contributed by atoms with Gasteiger partial charge < -0.3 is 10.6 Å². The molecular weight excluding hydrogens is 321 g/mol. The number of nitrogens with one attached hydrogen (secondary N) is 2. The van der Waals surface area contributed by atoms with E-state index < -0.39 is 11.7 Å². The summed E-state index contributed by atoms with van der Waals surface area (Å²) < 4.78 is 13.4. The fourth-order valence-corrected chi connectivity index (χ4v) is 3.10. The molecule has 2 heterocycles. The highest BCUT2D eigenvalue weighted by molar-refractivity contribution is 6.07. The summed E-state index contributed by atoms with van der Waals surface area (Å²) in [6.07, 6.45) is 1.67. The van der Waals surface area contributed by atoms with E-state index in [1.807, 2.05) is 24.3 Å². The van der Waals surface area contributed by atoms with Gasteiger partial charge in [0.2, 0.25) is 11.8 Å². The molecule has 1 unspecified atom stereocenters. The van der Waals surface area contributed by atoms with Gasteiger partial charge in [0.25, 0.3) is 0 Å². The molecule has 1 atom stereocenters. The molecule has 2 amide bonds. The summed E-state index contributed by atoms with van der Waals surface area (Å²) in [5.74, 6) is -1.77. The van der Waals surface area contributed by atoms with E-state index in [1.54, 1.807) is 12.3 Å². The first-order chi connectivity index (χ1) is 12.1. The Hall–Kier alpha value is -3.28. The highest BCUT2D eigenvalue weighted by atomic mass is 19.1. The molecule has 4 rings (SSSR count). The molecule has 0 radical (unpaired) electrons. The highest BCUT2D eigenvalue weighted by Crippen LogP contribution is 2.34. The zero-order valence-electron chi connectivity index (χ0n) is 13.1. The van der Waals surface area contributed by atoms with Crippen LogP contribution in [0.2, 0.25) is 0 Å². The zero-order chi connectivity index (χ0) is 17.4. The Labute approximate surface area is 142 Å². The summed E-state index contributed by atoms with van der Waals surface area (Å²) in [5.41, 5.74) is 2.20. The van der Waals surface area contributed by atoms with Gasteiger partial charge in [-0.3, -0.25) is 14.6 Å². The van der Waals surface area contributed by atoms with Crippen molar-refractivity contribution < 1.29 is 14.0 Å². The maximum Gasteiger partial charge on any atom is 0.232 e. The summed E-state index contributed by atoms with van der Waals surface area (Å²) >= 11 is 0. The van der Waals surface area contributed by atoms with E-state index in [4.69, 9.17) is 0 Å². The van der Waals surface area contributed by atoms with Gasteiger partial charge in [-0.15, -0.1) is 0 Å². The van der Waals surface area contributed by atoms with Crippen molar-refractivity contribution in [1.29, 1.82) is 0 Å². The minimum Gasteiger partial charge on any atom is -0.326 e. The molecule has 0 bridgehead atoms. The molecule has 5 nitrogen and oxygen atoms in total. The lowest BCUT2D eigenvalue weighted by Gasteiger charge is -2.25. The number of nitrogens with zero attached hydrogens (tertiary/aromatic N) is 1. The number of carbonyl (C=O) groups excluding carboxylic acids is 2. The van der Waals surface area contributed by atoms with Crippen LogP contribution in [0.1, 0.15) is 17.9 Å². The van der Waals surface area contributed by atoms with Crippen LogP contribution in [0.15, 0.2) is 54.7 Å². The van der Waals surface area contributed by atoms with Crippen molar-refractivity contribution >= 4 is 34.1 Å². The fourth-order valence-electron chi connectivity index (χ4n) is 3.10. The molecule has 0 aliphatic carbocycles. The van der Waals surface area contributed by atoms with Crippen LogP contribution >= 0.6 is 0 Å². The number of halogens is 1. The minimum absolute atomic E-state index is 0.0165. The molecule has 1 aliphatic rings. The summed E-state index contributed by atoms with van der Waals surface area (Å²) in [7, 11) is 0. The summed E-state index contributed by atoms with van der Waals surface area (Å²) in [6.45, 7) is 0. The normalized spacial score (nSPS) is 16.2. The molecule has 2 aromatic carbocycles. The predicted octanol–water partition coefficient (Wildman–Crippen LogP) is 3.44. The SMILES string of the molecule is O=C1CC(C(=O)Nc2cccc3cccnc23)c2ccc(F)cc2N1. The molecule has 124 valence electrons. The topological polar surface area (TPSA) is 71.1 Å². The van der Waals surface area contributed by atoms with Crippen LogP contribution < -0.4 is 10.6 Å². The second kappa shape index (κ2) is 5.98. The number of hydrogen-bond acceptors (Lipinski definition) is 3. The van der Waals surface area contributed by atoms with E-state index in [2.05, 4.69) is 15.6 Å². The average molecular weight is 335 g/mol. The monoisotopic (exact) mass is 335 g/mol. The van der Waals surface area contributed by atoms with Crippen LogP contribution in [0.25, 0.3) is 10.9 Å². The molecule has 6 heteroatoms. The largest absolute Gasteiger partial charge is 0.326 e. The maximum absolute atomic E-state index is 13.4. The average Bonchev–Trinajstić information content (AvgIpc) is 2.61.